The van der Waals surface area contributed by atoms with Gasteiger partial charge in [-0.25, -0.2) is 0 Å². The summed E-state index contributed by atoms with van der Waals surface area (Å²) in [5, 5.41) is 10.8. The van der Waals surface area contributed by atoms with Crippen LogP contribution in [0.3, 0.4) is 0 Å². The molecule has 0 saturated carbocycles. The Labute approximate surface area is 113 Å². The van der Waals surface area contributed by atoms with Crippen molar-refractivity contribution in [2.75, 3.05) is 38.3 Å². The van der Waals surface area contributed by atoms with Crippen LogP contribution in [0.4, 0.5) is 5.82 Å². The van der Waals surface area contributed by atoms with Gasteiger partial charge < -0.3 is 15.4 Å². The number of nitrogens with zero attached hydrogens (tertiary/aromatic N) is 3. The molecule has 0 bridgehead atoms. The number of benzene rings is 1. The third-order valence-corrected chi connectivity index (χ3v) is 3.12. The number of ether oxygens (including phenoxy) is 1. The Bertz CT molecular complexity index is 544. The Morgan fingerprint density at radius 3 is 2.58 bits per heavy atom. The smallest absolute Gasteiger partial charge is 0.159 e. The van der Waals surface area contributed by atoms with E-state index in [1.54, 1.807) is 7.11 Å². The molecule has 1 heterocycles. The summed E-state index contributed by atoms with van der Waals surface area (Å²) in [6.07, 6.45) is 0. The predicted octanol–water partition coefficient (Wildman–Crippen LogP) is 1.35. The van der Waals surface area contributed by atoms with E-state index in [1.165, 1.54) is 0 Å². The van der Waals surface area contributed by atoms with Crippen molar-refractivity contribution in [3.63, 3.8) is 0 Å². The Morgan fingerprint density at radius 2 is 1.89 bits per heavy atom. The van der Waals surface area contributed by atoms with Gasteiger partial charge >= 0.3 is 0 Å². The zero-order chi connectivity index (χ0) is 13.7. The van der Waals surface area contributed by atoms with Crippen molar-refractivity contribution >= 4 is 16.6 Å². The molecule has 2 N–H and O–H groups in total. The van der Waals surface area contributed by atoms with E-state index in [4.69, 9.17) is 10.5 Å². The number of aryl methyl sites for hydroxylation is 1. The summed E-state index contributed by atoms with van der Waals surface area (Å²) in [5.74, 6) is 0.878. The summed E-state index contributed by atoms with van der Waals surface area (Å²) in [7, 11) is 1.69. The van der Waals surface area contributed by atoms with Crippen molar-refractivity contribution in [1.29, 1.82) is 0 Å². The number of methoxy groups -OCH3 is 1. The minimum atomic E-state index is 0.577. The molecule has 1 aromatic carbocycles. The monoisotopic (exact) mass is 260 g/mol. The van der Waals surface area contributed by atoms with E-state index >= 15 is 0 Å². The highest BCUT2D eigenvalue weighted by Gasteiger charge is 2.12. The summed E-state index contributed by atoms with van der Waals surface area (Å²) < 4.78 is 5.15. The van der Waals surface area contributed by atoms with Gasteiger partial charge in [0.15, 0.2) is 5.82 Å². The van der Waals surface area contributed by atoms with Gasteiger partial charge in [0.05, 0.1) is 12.3 Å². The SMILES string of the molecule is COCCN(CCN)c1nnc(C)c2ccccc12. The van der Waals surface area contributed by atoms with Gasteiger partial charge in [0.2, 0.25) is 0 Å². The average molecular weight is 260 g/mol. The number of hydrogen-bond donors (Lipinski definition) is 1. The number of rotatable bonds is 6. The molecule has 0 fully saturated rings. The first-order valence-corrected chi connectivity index (χ1v) is 6.44. The molecule has 1 aromatic heterocycles. The second-order valence-corrected chi connectivity index (χ2v) is 4.42. The Morgan fingerprint density at radius 1 is 1.16 bits per heavy atom. The highest BCUT2D eigenvalue weighted by molar-refractivity contribution is 5.93. The number of aromatic nitrogens is 2. The number of fused-ring (bicyclic) bond motifs is 1. The van der Waals surface area contributed by atoms with Crippen molar-refractivity contribution in [3.8, 4) is 0 Å². The molecule has 0 radical (unpaired) electrons. The zero-order valence-electron chi connectivity index (χ0n) is 11.5. The molecule has 19 heavy (non-hydrogen) atoms. The van der Waals surface area contributed by atoms with E-state index in [0.29, 0.717) is 13.2 Å². The normalized spacial score (nSPS) is 10.9. The molecular weight excluding hydrogens is 240 g/mol. The Hall–Kier alpha value is -1.72. The van der Waals surface area contributed by atoms with Crippen LogP contribution < -0.4 is 10.6 Å². The molecule has 0 spiro atoms. The van der Waals surface area contributed by atoms with Gasteiger partial charge in [-0.1, -0.05) is 24.3 Å². The van der Waals surface area contributed by atoms with Crippen molar-refractivity contribution < 1.29 is 4.74 Å². The Kier molecular flexibility index (Phi) is 4.65. The van der Waals surface area contributed by atoms with Gasteiger partial charge in [0, 0.05) is 37.5 Å². The zero-order valence-corrected chi connectivity index (χ0v) is 11.5. The van der Waals surface area contributed by atoms with Gasteiger partial charge in [-0.3, -0.25) is 0 Å². The highest BCUT2D eigenvalue weighted by Crippen LogP contribution is 2.25. The van der Waals surface area contributed by atoms with Crippen LogP contribution in [0.2, 0.25) is 0 Å². The number of anilines is 1. The number of hydrogen-bond acceptors (Lipinski definition) is 5. The fraction of sp³-hybridized carbons (Fsp3) is 0.429. The molecule has 0 aliphatic rings. The minimum absolute atomic E-state index is 0.577. The van der Waals surface area contributed by atoms with E-state index < -0.39 is 0 Å². The van der Waals surface area contributed by atoms with Crippen LogP contribution >= 0.6 is 0 Å². The Balaban J connectivity index is 2.44. The lowest BCUT2D eigenvalue weighted by Gasteiger charge is -2.23. The van der Waals surface area contributed by atoms with Crippen molar-refractivity contribution in [3.05, 3.63) is 30.0 Å². The molecule has 5 nitrogen and oxygen atoms in total. The van der Waals surface area contributed by atoms with Crippen LogP contribution in [0.25, 0.3) is 10.8 Å². The van der Waals surface area contributed by atoms with Crippen molar-refractivity contribution in [2.24, 2.45) is 5.73 Å². The van der Waals surface area contributed by atoms with E-state index in [0.717, 1.165) is 35.4 Å². The molecule has 0 saturated heterocycles. The first-order valence-electron chi connectivity index (χ1n) is 6.44. The van der Waals surface area contributed by atoms with Gasteiger partial charge in [0.25, 0.3) is 0 Å². The molecule has 0 unspecified atom stereocenters. The molecule has 102 valence electrons. The van der Waals surface area contributed by atoms with Crippen LogP contribution in [-0.4, -0.2) is 43.5 Å². The van der Waals surface area contributed by atoms with Gasteiger partial charge in [-0.05, 0) is 6.92 Å². The summed E-state index contributed by atoms with van der Waals surface area (Å²) in [6, 6.07) is 8.18. The van der Waals surface area contributed by atoms with Crippen LogP contribution in [-0.2, 0) is 4.74 Å². The van der Waals surface area contributed by atoms with Crippen LogP contribution in [0, 0.1) is 6.92 Å². The third-order valence-electron chi connectivity index (χ3n) is 3.12. The first-order chi connectivity index (χ1) is 9.27. The maximum Gasteiger partial charge on any atom is 0.159 e. The molecule has 2 aromatic rings. The maximum atomic E-state index is 5.68. The van der Waals surface area contributed by atoms with Crippen LogP contribution in [0.1, 0.15) is 5.69 Å². The summed E-state index contributed by atoms with van der Waals surface area (Å²) in [4.78, 5) is 2.12. The largest absolute Gasteiger partial charge is 0.383 e. The first kappa shape index (κ1) is 13.7. The fourth-order valence-corrected chi connectivity index (χ4v) is 2.14. The molecule has 0 atom stereocenters. The summed E-state index contributed by atoms with van der Waals surface area (Å²) >= 11 is 0. The quantitative estimate of drug-likeness (QED) is 0.849. The third kappa shape index (κ3) is 3.00. The average Bonchev–Trinajstić information content (AvgIpc) is 2.45. The molecule has 0 amide bonds. The van der Waals surface area contributed by atoms with E-state index in [9.17, 15) is 0 Å². The van der Waals surface area contributed by atoms with E-state index in [2.05, 4.69) is 27.2 Å². The van der Waals surface area contributed by atoms with Crippen molar-refractivity contribution in [2.45, 2.75) is 6.92 Å². The standard InChI is InChI=1S/C14H20N4O/c1-11-12-5-3-4-6-13(12)14(17-16-11)18(8-7-15)9-10-19-2/h3-6H,7-10,15H2,1-2H3. The molecule has 0 aliphatic heterocycles. The van der Waals surface area contributed by atoms with Crippen molar-refractivity contribution in [1.82, 2.24) is 10.2 Å². The molecule has 5 heteroatoms. The van der Waals surface area contributed by atoms with Gasteiger partial charge in [-0.15, -0.1) is 5.10 Å². The second kappa shape index (κ2) is 6.45. The summed E-state index contributed by atoms with van der Waals surface area (Å²) in [5.41, 5.74) is 6.63. The van der Waals surface area contributed by atoms with E-state index in [-0.39, 0.29) is 0 Å². The fourth-order valence-electron chi connectivity index (χ4n) is 2.14. The lowest BCUT2D eigenvalue weighted by Crippen LogP contribution is -2.33. The predicted molar refractivity (Wildman–Crippen MR) is 77.4 cm³/mol. The molecular formula is C14H20N4O. The minimum Gasteiger partial charge on any atom is -0.383 e. The van der Waals surface area contributed by atoms with Crippen LogP contribution in [0.15, 0.2) is 24.3 Å². The lowest BCUT2D eigenvalue weighted by molar-refractivity contribution is 0.205. The second-order valence-electron chi connectivity index (χ2n) is 4.42. The van der Waals surface area contributed by atoms with Crippen LogP contribution in [0.5, 0.6) is 0 Å². The lowest BCUT2D eigenvalue weighted by atomic mass is 10.1. The maximum absolute atomic E-state index is 5.68. The summed E-state index contributed by atoms with van der Waals surface area (Å²) in [6.45, 7) is 4.69. The van der Waals surface area contributed by atoms with Gasteiger partial charge in [-0.2, -0.15) is 5.10 Å². The van der Waals surface area contributed by atoms with Gasteiger partial charge in [0.1, 0.15) is 0 Å². The topological polar surface area (TPSA) is 64.3 Å². The highest BCUT2D eigenvalue weighted by atomic mass is 16.5. The molecule has 2 rings (SSSR count). The number of nitrogens with two attached hydrogens (primary N) is 1. The van der Waals surface area contributed by atoms with E-state index in [1.807, 2.05) is 19.1 Å². The molecule has 0 aliphatic carbocycles.